The Balaban J connectivity index is 1.94. The molecule has 1 saturated carbocycles. The van der Waals surface area contributed by atoms with Crippen LogP contribution in [0, 0.1) is 5.82 Å². The molecule has 202 valence electrons. The number of methoxy groups -OCH3 is 2. The largest absolute Gasteiger partial charge is 0.497 e. The van der Waals surface area contributed by atoms with Gasteiger partial charge >= 0.3 is 0 Å². The lowest BCUT2D eigenvalue weighted by atomic mass is 10.1. The van der Waals surface area contributed by atoms with Gasteiger partial charge in [0.2, 0.25) is 21.8 Å². The maximum Gasteiger partial charge on any atom is 0.244 e. The third-order valence-electron chi connectivity index (χ3n) is 6.50. The van der Waals surface area contributed by atoms with Gasteiger partial charge in [-0.05, 0) is 38.0 Å². The van der Waals surface area contributed by atoms with Crippen molar-refractivity contribution in [2.45, 2.75) is 51.2 Å². The average Bonchev–Trinajstić information content (AvgIpc) is 3.38. The van der Waals surface area contributed by atoms with Crippen molar-refractivity contribution in [1.29, 1.82) is 0 Å². The van der Waals surface area contributed by atoms with Crippen LogP contribution >= 0.6 is 0 Å². The second-order valence-electron chi connectivity index (χ2n) is 9.09. The molecule has 3 rings (SSSR count). The molecule has 0 unspecified atom stereocenters. The van der Waals surface area contributed by atoms with E-state index in [0.29, 0.717) is 5.75 Å². The van der Waals surface area contributed by atoms with E-state index < -0.39 is 34.3 Å². The molecule has 1 aliphatic carbocycles. The number of hydrogen-bond donors (Lipinski definition) is 1. The number of amides is 2. The molecule has 2 aromatic carbocycles. The number of carbonyl (C=O) groups excluding carboxylic acids is 2. The summed E-state index contributed by atoms with van der Waals surface area (Å²) in [6, 6.07) is 9.55. The minimum atomic E-state index is -3.95. The van der Waals surface area contributed by atoms with E-state index in [1.54, 1.807) is 19.1 Å². The zero-order chi connectivity index (χ0) is 27.2. The molecule has 1 fully saturated rings. The summed E-state index contributed by atoms with van der Waals surface area (Å²) in [6.07, 6.45) is 4.73. The highest BCUT2D eigenvalue weighted by Gasteiger charge is 2.32. The van der Waals surface area contributed by atoms with E-state index in [1.807, 2.05) is 0 Å². The van der Waals surface area contributed by atoms with Crippen LogP contribution in [0.1, 0.15) is 38.2 Å². The van der Waals surface area contributed by atoms with Gasteiger partial charge in [0.15, 0.2) is 0 Å². The number of carbonyl (C=O) groups is 2. The van der Waals surface area contributed by atoms with Crippen LogP contribution in [0.15, 0.2) is 42.5 Å². The molecular weight excluding hydrogens is 501 g/mol. The van der Waals surface area contributed by atoms with Crippen LogP contribution in [0.3, 0.4) is 0 Å². The van der Waals surface area contributed by atoms with Crippen LogP contribution in [-0.4, -0.2) is 64.2 Å². The monoisotopic (exact) mass is 535 g/mol. The summed E-state index contributed by atoms with van der Waals surface area (Å²) in [5.74, 6) is -0.936. The minimum Gasteiger partial charge on any atom is -0.497 e. The number of benzene rings is 2. The summed E-state index contributed by atoms with van der Waals surface area (Å²) in [7, 11) is -1.12. The smallest absolute Gasteiger partial charge is 0.244 e. The Labute approximate surface area is 217 Å². The fraction of sp³-hybridized carbons (Fsp3) is 0.462. The SMILES string of the molecule is COc1ccc(N(CC(=O)N(Cc2ccccc2F)[C@@H](C)C(=O)NC2CCCC2)S(C)(=O)=O)c(OC)c1. The lowest BCUT2D eigenvalue weighted by Crippen LogP contribution is -2.52. The molecule has 1 N–H and O–H groups in total. The van der Waals surface area contributed by atoms with Crippen LogP contribution in [-0.2, 0) is 26.2 Å². The first-order valence-electron chi connectivity index (χ1n) is 12.1. The highest BCUT2D eigenvalue weighted by atomic mass is 32.2. The van der Waals surface area contributed by atoms with Gasteiger partial charge in [-0.25, -0.2) is 12.8 Å². The van der Waals surface area contributed by atoms with E-state index in [9.17, 15) is 22.4 Å². The predicted molar refractivity (Wildman–Crippen MR) is 139 cm³/mol. The Bertz CT molecular complexity index is 1220. The van der Waals surface area contributed by atoms with Gasteiger partial charge in [0, 0.05) is 24.2 Å². The Morgan fingerprint density at radius 3 is 2.38 bits per heavy atom. The molecule has 2 aromatic rings. The molecule has 0 spiro atoms. The van der Waals surface area contributed by atoms with Gasteiger partial charge < -0.3 is 19.7 Å². The van der Waals surface area contributed by atoms with Gasteiger partial charge in [0.05, 0.1) is 26.2 Å². The van der Waals surface area contributed by atoms with Crippen LogP contribution in [0.4, 0.5) is 10.1 Å². The fourth-order valence-corrected chi connectivity index (χ4v) is 5.22. The first-order valence-corrected chi connectivity index (χ1v) is 13.9. The van der Waals surface area contributed by atoms with E-state index in [2.05, 4.69) is 5.32 Å². The van der Waals surface area contributed by atoms with Crippen molar-refractivity contribution in [3.8, 4) is 11.5 Å². The molecule has 1 atom stereocenters. The van der Waals surface area contributed by atoms with Crippen LogP contribution in [0.2, 0.25) is 0 Å². The first kappa shape index (κ1) is 28.2. The summed E-state index contributed by atoms with van der Waals surface area (Å²) in [4.78, 5) is 27.9. The molecule has 0 bridgehead atoms. The molecule has 0 aromatic heterocycles. The lowest BCUT2D eigenvalue weighted by Gasteiger charge is -2.32. The Morgan fingerprint density at radius 1 is 1.11 bits per heavy atom. The highest BCUT2D eigenvalue weighted by Crippen LogP contribution is 2.33. The average molecular weight is 536 g/mol. The number of nitrogens with zero attached hydrogens (tertiary/aromatic N) is 2. The number of sulfonamides is 1. The number of nitrogens with one attached hydrogen (secondary N) is 1. The van der Waals surface area contributed by atoms with E-state index in [-0.39, 0.29) is 35.5 Å². The second kappa shape index (κ2) is 12.3. The van der Waals surface area contributed by atoms with Crippen molar-refractivity contribution in [3.63, 3.8) is 0 Å². The first-order chi connectivity index (χ1) is 17.5. The molecular formula is C26H34FN3O6S. The molecule has 0 heterocycles. The Hall–Kier alpha value is -3.34. The van der Waals surface area contributed by atoms with E-state index in [4.69, 9.17) is 9.47 Å². The molecule has 0 aliphatic heterocycles. The van der Waals surface area contributed by atoms with E-state index in [1.165, 1.54) is 49.5 Å². The van der Waals surface area contributed by atoms with Crippen molar-refractivity contribution < 1.29 is 31.9 Å². The molecule has 11 heteroatoms. The maximum atomic E-state index is 14.5. The van der Waals surface area contributed by atoms with E-state index in [0.717, 1.165) is 36.2 Å². The standard InChI is InChI=1S/C26H34FN3O6S/c1-18(26(32)28-20-10-6-7-11-20)29(16-19-9-5-8-12-22(19)27)25(31)17-30(37(4,33)34)23-14-13-21(35-2)15-24(23)36-3/h5,8-9,12-15,18,20H,6-7,10-11,16-17H2,1-4H3,(H,28,32)/t18-/m0/s1. The zero-order valence-electron chi connectivity index (χ0n) is 21.6. The second-order valence-corrected chi connectivity index (χ2v) is 11.0. The number of anilines is 1. The number of ether oxygens (including phenoxy) is 2. The topological polar surface area (TPSA) is 105 Å². The normalized spacial score (nSPS) is 14.6. The summed E-state index contributed by atoms with van der Waals surface area (Å²) in [5.41, 5.74) is 0.345. The third kappa shape index (κ3) is 7.12. The van der Waals surface area contributed by atoms with Crippen molar-refractivity contribution in [2.75, 3.05) is 31.3 Å². The predicted octanol–water partition coefficient (Wildman–Crippen LogP) is 3.09. The fourth-order valence-electron chi connectivity index (χ4n) is 4.37. The van der Waals surface area contributed by atoms with Crippen molar-refractivity contribution >= 4 is 27.5 Å². The summed E-state index contributed by atoms with van der Waals surface area (Å²) in [5, 5.41) is 2.97. The maximum absolute atomic E-state index is 14.5. The Kier molecular flexibility index (Phi) is 9.36. The molecule has 2 amide bonds. The minimum absolute atomic E-state index is 0.0245. The summed E-state index contributed by atoms with van der Waals surface area (Å²) in [6.45, 7) is 0.737. The van der Waals surface area contributed by atoms with Crippen molar-refractivity contribution in [2.24, 2.45) is 0 Å². The molecule has 0 radical (unpaired) electrons. The van der Waals surface area contributed by atoms with Crippen LogP contribution in [0.25, 0.3) is 0 Å². The third-order valence-corrected chi connectivity index (χ3v) is 7.63. The molecule has 9 nitrogen and oxygen atoms in total. The number of hydrogen-bond acceptors (Lipinski definition) is 6. The molecule has 1 aliphatic rings. The van der Waals surface area contributed by atoms with Gasteiger partial charge in [-0.15, -0.1) is 0 Å². The highest BCUT2D eigenvalue weighted by molar-refractivity contribution is 7.92. The van der Waals surface area contributed by atoms with Crippen molar-refractivity contribution in [1.82, 2.24) is 10.2 Å². The van der Waals surface area contributed by atoms with Gasteiger partial charge in [-0.1, -0.05) is 31.0 Å². The molecule has 0 saturated heterocycles. The number of halogens is 1. The quantitative estimate of drug-likeness (QED) is 0.474. The summed E-state index contributed by atoms with van der Waals surface area (Å²) < 4.78 is 51.5. The van der Waals surface area contributed by atoms with Gasteiger partial charge in [-0.2, -0.15) is 0 Å². The molecule has 37 heavy (non-hydrogen) atoms. The van der Waals surface area contributed by atoms with Crippen LogP contribution < -0.4 is 19.1 Å². The summed E-state index contributed by atoms with van der Waals surface area (Å²) >= 11 is 0. The number of rotatable bonds is 11. The van der Waals surface area contributed by atoms with Crippen molar-refractivity contribution in [3.05, 3.63) is 53.8 Å². The zero-order valence-corrected chi connectivity index (χ0v) is 22.4. The lowest BCUT2D eigenvalue weighted by molar-refractivity contribution is -0.139. The Morgan fingerprint density at radius 2 is 1.78 bits per heavy atom. The van der Waals surface area contributed by atoms with E-state index >= 15 is 0 Å². The van der Waals surface area contributed by atoms with Gasteiger partial charge in [0.1, 0.15) is 29.9 Å². The van der Waals surface area contributed by atoms with Gasteiger partial charge in [0.25, 0.3) is 0 Å². The van der Waals surface area contributed by atoms with Gasteiger partial charge in [-0.3, -0.25) is 13.9 Å². The van der Waals surface area contributed by atoms with Crippen LogP contribution in [0.5, 0.6) is 11.5 Å².